The molecular weight excluding hydrogens is 264 g/mol. The van der Waals surface area contributed by atoms with Crippen molar-refractivity contribution in [2.24, 2.45) is 0 Å². The van der Waals surface area contributed by atoms with E-state index in [9.17, 15) is 0 Å². The first-order valence-electron chi connectivity index (χ1n) is 5.89. The van der Waals surface area contributed by atoms with Gasteiger partial charge >= 0.3 is 0 Å². The van der Waals surface area contributed by atoms with Crippen molar-refractivity contribution >= 4 is 23.8 Å². The van der Waals surface area contributed by atoms with Crippen LogP contribution in [0.4, 0.5) is 0 Å². The molecule has 0 saturated carbocycles. The van der Waals surface area contributed by atoms with Crippen molar-refractivity contribution in [3.63, 3.8) is 0 Å². The van der Waals surface area contributed by atoms with Gasteiger partial charge < -0.3 is 4.98 Å². The van der Waals surface area contributed by atoms with Gasteiger partial charge in [0.05, 0.1) is 10.7 Å². The van der Waals surface area contributed by atoms with Gasteiger partial charge in [-0.05, 0) is 30.8 Å². The zero-order valence-corrected chi connectivity index (χ0v) is 12.6. The second-order valence-electron chi connectivity index (χ2n) is 5.47. The molecule has 1 heterocycles. The molecule has 1 N–H and O–H groups in total. The molecule has 4 heteroatoms. The van der Waals surface area contributed by atoms with Crippen molar-refractivity contribution in [3.8, 4) is 5.69 Å². The summed E-state index contributed by atoms with van der Waals surface area (Å²) in [5, 5.41) is 0.719. The predicted octanol–water partition coefficient (Wildman–Crippen LogP) is 4.79. The third-order valence-corrected chi connectivity index (χ3v) is 3.56. The lowest BCUT2D eigenvalue weighted by atomic mass is 9.92. The van der Waals surface area contributed by atoms with Crippen molar-refractivity contribution in [3.05, 3.63) is 45.4 Å². The molecule has 0 aliphatic rings. The van der Waals surface area contributed by atoms with Gasteiger partial charge in [-0.3, -0.25) is 4.57 Å². The normalized spacial score (nSPS) is 11.8. The van der Waals surface area contributed by atoms with E-state index in [1.54, 1.807) is 0 Å². The highest BCUT2D eigenvalue weighted by molar-refractivity contribution is 7.71. The van der Waals surface area contributed by atoms with Crippen molar-refractivity contribution in [1.82, 2.24) is 9.55 Å². The number of benzene rings is 1. The van der Waals surface area contributed by atoms with E-state index in [0.29, 0.717) is 4.77 Å². The van der Waals surface area contributed by atoms with E-state index < -0.39 is 0 Å². The fourth-order valence-electron chi connectivity index (χ4n) is 2.05. The van der Waals surface area contributed by atoms with Crippen molar-refractivity contribution in [1.29, 1.82) is 0 Å². The smallest absolute Gasteiger partial charge is 0.182 e. The molecule has 2 aromatic rings. The van der Waals surface area contributed by atoms with Crippen LogP contribution in [-0.2, 0) is 5.41 Å². The van der Waals surface area contributed by atoms with Gasteiger partial charge in [0.2, 0.25) is 0 Å². The molecule has 2 nitrogen and oxygen atoms in total. The van der Waals surface area contributed by atoms with Gasteiger partial charge in [-0.2, -0.15) is 0 Å². The quantitative estimate of drug-likeness (QED) is 0.745. The Balaban J connectivity index is 2.80. The van der Waals surface area contributed by atoms with Gasteiger partial charge in [0, 0.05) is 17.3 Å². The minimum absolute atomic E-state index is 0.000823. The van der Waals surface area contributed by atoms with Crippen LogP contribution >= 0.6 is 23.8 Å². The van der Waals surface area contributed by atoms with E-state index >= 15 is 0 Å². The number of aryl methyl sites for hydroxylation is 1. The zero-order valence-electron chi connectivity index (χ0n) is 11.0. The molecule has 0 fully saturated rings. The first-order chi connectivity index (χ1) is 8.32. The van der Waals surface area contributed by atoms with Crippen LogP contribution in [0.3, 0.4) is 0 Å². The van der Waals surface area contributed by atoms with Gasteiger partial charge in [0.25, 0.3) is 0 Å². The molecular formula is C14H17ClN2S. The topological polar surface area (TPSA) is 20.7 Å². The van der Waals surface area contributed by atoms with E-state index in [2.05, 4.69) is 25.8 Å². The summed E-state index contributed by atoms with van der Waals surface area (Å²) in [6.07, 6.45) is 1.96. The monoisotopic (exact) mass is 280 g/mol. The van der Waals surface area contributed by atoms with E-state index in [-0.39, 0.29) is 5.41 Å². The molecule has 2 rings (SSSR count). The number of rotatable bonds is 1. The molecule has 0 saturated heterocycles. The number of aromatic amines is 1. The molecule has 0 unspecified atom stereocenters. The number of H-pyrrole nitrogens is 1. The SMILES string of the molecule is Cc1cccc(Cl)c1-n1c(C(C)(C)C)c[nH]c1=S. The van der Waals surface area contributed by atoms with Gasteiger partial charge in [-0.15, -0.1) is 0 Å². The van der Waals surface area contributed by atoms with Gasteiger partial charge in [0.1, 0.15) is 0 Å². The summed E-state index contributed by atoms with van der Waals surface area (Å²) in [6.45, 7) is 8.53. The maximum absolute atomic E-state index is 6.33. The molecule has 0 atom stereocenters. The van der Waals surface area contributed by atoms with Gasteiger partial charge in [-0.1, -0.05) is 44.5 Å². The fourth-order valence-corrected chi connectivity index (χ4v) is 2.60. The number of hydrogen-bond donors (Lipinski definition) is 1. The van der Waals surface area contributed by atoms with Crippen LogP contribution in [-0.4, -0.2) is 9.55 Å². The van der Waals surface area contributed by atoms with Crippen LogP contribution in [0.1, 0.15) is 32.0 Å². The van der Waals surface area contributed by atoms with Crippen molar-refractivity contribution < 1.29 is 0 Å². The third-order valence-electron chi connectivity index (χ3n) is 2.96. The summed E-state index contributed by atoms with van der Waals surface area (Å²) >= 11 is 11.7. The van der Waals surface area contributed by atoms with Crippen molar-refractivity contribution in [2.45, 2.75) is 33.1 Å². The summed E-state index contributed by atoms with van der Waals surface area (Å²) in [7, 11) is 0. The first kappa shape index (κ1) is 13.4. The molecule has 0 bridgehead atoms. The van der Waals surface area contributed by atoms with Gasteiger partial charge in [0.15, 0.2) is 4.77 Å². The van der Waals surface area contributed by atoms with Crippen LogP contribution in [0.25, 0.3) is 5.69 Å². The van der Waals surface area contributed by atoms with E-state index in [0.717, 1.165) is 22.0 Å². The minimum Gasteiger partial charge on any atom is -0.337 e. The lowest BCUT2D eigenvalue weighted by Gasteiger charge is -2.22. The van der Waals surface area contributed by atoms with Gasteiger partial charge in [-0.25, -0.2) is 0 Å². The lowest BCUT2D eigenvalue weighted by molar-refractivity contribution is 0.555. The highest BCUT2D eigenvalue weighted by atomic mass is 35.5. The fraction of sp³-hybridized carbons (Fsp3) is 0.357. The number of nitrogens with zero attached hydrogens (tertiary/aromatic N) is 1. The Morgan fingerprint density at radius 2 is 1.94 bits per heavy atom. The number of nitrogens with one attached hydrogen (secondary N) is 1. The first-order valence-corrected chi connectivity index (χ1v) is 6.67. The summed E-state index contributed by atoms with van der Waals surface area (Å²) in [6, 6.07) is 5.89. The largest absolute Gasteiger partial charge is 0.337 e. The maximum Gasteiger partial charge on any atom is 0.182 e. The Bertz CT molecular complexity index is 612. The summed E-state index contributed by atoms with van der Waals surface area (Å²) < 4.78 is 2.71. The molecule has 0 radical (unpaired) electrons. The van der Waals surface area contributed by atoms with Crippen LogP contribution in [0.15, 0.2) is 24.4 Å². The third kappa shape index (κ3) is 2.25. The number of imidazole rings is 1. The van der Waals surface area contributed by atoms with Crippen LogP contribution in [0.5, 0.6) is 0 Å². The maximum atomic E-state index is 6.33. The molecule has 0 spiro atoms. The molecule has 18 heavy (non-hydrogen) atoms. The summed E-state index contributed by atoms with van der Waals surface area (Å²) in [5.74, 6) is 0. The van der Waals surface area contributed by atoms with Crippen molar-refractivity contribution in [2.75, 3.05) is 0 Å². The molecule has 96 valence electrons. The highest BCUT2D eigenvalue weighted by Crippen LogP contribution is 2.30. The van der Waals surface area contributed by atoms with Crippen LogP contribution in [0.2, 0.25) is 5.02 Å². The molecule has 0 aliphatic heterocycles. The summed E-state index contributed by atoms with van der Waals surface area (Å²) in [4.78, 5) is 3.12. The Kier molecular flexibility index (Phi) is 3.39. The second-order valence-corrected chi connectivity index (χ2v) is 6.26. The number of para-hydroxylation sites is 1. The molecule has 1 aromatic carbocycles. The van der Waals surface area contributed by atoms with Crippen LogP contribution < -0.4 is 0 Å². The Labute approximate surface area is 118 Å². The second kappa shape index (κ2) is 4.56. The lowest BCUT2D eigenvalue weighted by Crippen LogP contribution is -2.17. The Hall–Kier alpha value is -1.06. The van der Waals surface area contributed by atoms with Crippen LogP contribution in [0, 0.1) is 11.7 Å². The number of halogens is 1. The summed E-state index contributed by atoms with van der Waals surface area (Å²) in [5.41, 5.74) is 3.21. The average Bonchev–Trinajstić information content (AvgIpc) is 2.60. The zero-order chi connectivity index (χ0) is 13.5. The average molecular weight is 281 g/mol. The Morgan fingerprint density at radius 1 is 1.28 bits per heavy atom. The Morgan fingerprint density at radius 3 is 2.50 bits per heavy atom. The van der Waals surface area contributed by atoms with E-state index in [1.165, 1.54) is 0 Å². The molecule has 1 aromatic heterocycles. The van der Waals surface area contributed by atoms with E-state index in [4.69, 9.17) is 23.8 Å². The predicted molar refractivity (Wildman–Crippen MR) is 79.4 cm³/mol. The minimum atomic E-state index is -0.000823. The molecule has 0 aliphatic carbocycles. The molecule has 0 amide bonds. The number of aromatic nitrogens is 2. The standard InChI is InChI=1S/C14H17ClN2S/c1-9-6-5-7-10(15)12(9)17-11(14(2,3)4)8-16-13(17)18/h5-8H,1-4H3,(H,16,18). The highest BCUT2D eigenvalue weighted by Gasteiger charge is 2.21. The number of hydrogen-bond acceptors (Lipinski definition) is 1. The van der Waals surface area contributed by atoms with E-state index in [1.807, 2.05) is 35.9 Å².